The van der Waals surface area contributed by atoms with Gasteiger partial charge in [-0.05, 0) is 37.3 Å². The molecule has 2 aliphatic rings. The van der Waals surface area contributed by atoms with Crippen molar-refractivity contribution in [3.05, 3.63) is 23.4 Å². The highest BCUT2D eigenvalue weighted by Crippen LogP contribution is 2.24. The van der Waals surface area contributed by atoms with Gasteiger partial charge < -0.3 is 10.6 Å². The molecule has 0 bridgehead atoms. The molecule has 0 spiro atoms. The third kappa shape index (κ3) is 1.61. The fourth-order valence-electron chi connectivity index (χ4n) is 2.58. The van der Waals surface area contributed by atoms with Crippen LogP contribution >= 0.6 is 0 Å². The summed E-state index contributed by atoms with van der Waals surface area (Å²) in [4.78, 5) is 7.05. The molecule has 3 rings (SSSR count). The van der Waals surface area contributed by atoms with Crippen molar-refractivity contribution in [3.8, 4) is 0 Å². The lowest BCUT2D eigenvalue weighted by Gasteiger charge is -2.17. The number of hydrogen-bond donors (Lipinski definition) is 1. The van der Waals surface area contributed by atoms with Gasteiger partial charge in [-0.1, -0.05) is 6.07 Å². The van der Waals surface area contributed by atoms with E-state index in [0.717, 1.165) is 31.7 Å². The first-order chi connectivity index (χ1) is 7.33. The molecule has 2 heterocycles. The van der Waals surface area contributed by atoms with Crippen molar-refractivity contribution in [2.75, 3.05) is 18.0 Å². The highest BCUT2D eigenvalue weighted by atomic mass is 15.2. The fourth-order valence-corrected chi connectivity index (χ4v) is 2.58. The molecule has 1 aromatic heterocycles. The maximum Gasteiger partial charge on any atom is 0.128 e. The van der Waals surface area contributed by atoms with Crippen LogP contribution in [-0.4, -0.2) is 24.1 Å². The number of pyridine rings is 1. The largest absolute Gasteiger partial charge is 0.355 e. The average molecular weight is 203 g/mol. The molecule has 1 unspecified atom stereocenters. The number of nitrogens with zero attached hydrogens (tertiary/aromatic N) is 2. The van der Waals surface area contributed by atoms with Crippen LogP contribution in [-0.2, 0) is 12.8 Å². The molecule has 3 nitrogen and oxygen atoms in total. The van der Waals surface area contributed by atoms with E-state index in [9.17, 15) is 0 Å². The zero-order valence-corrected chi connectivity index (χ0v) is 8.95. The van der Waals surface area contributed by atoms with Gasteiger partial charge in [-0.2, -0.15) is 0 Å². The summed E-state index contributed by atoms with van der Waals surface area (Å²) in [7, 11) is 0. The highest BCUT2D eigenvalue weighted by molar-refractivity contribution is 5.44. The standard InChI is InChI=1S/C12H17N3/c13-10-6-7-15(8-10)12-5-4-9-2-1-3-11(9)14-12/h4-5,10H,1-3,6-8,13H2. The van der Waals surface area contributed by atoms with E-state index >= 15 is 0 Å². The second-order valence-electron chi connectivity index (χ2n) is 4.62. The van der Waals surface area contributed by atoms with Gasteiger partial charge in [0, 0.05) is 24.8 Å². The first kappa shape index (κ1) is 9.16. The minimum absolute atomic E-state index is 0.333. The van der Waals surface area contributed by atoms with E-state index in [1.54, 1.807) is 0 Å². The molecule has 1 fully saturated rings. The van der Waals surface area contributed by atoms with Crippen molar-refractivity contribution < 1.29 is 0 Å². The van der Waals surface area contributed by atoms with E-state index in [-0.39, 0.29) is 0 Å². The lowest BCUT2D eigenvalue weighted by Crippen LogP contribution is -2.27. The number of rotatable bonds is 1. The molecular weight excluding hydrogens is 186 g/mol. The quantitative estimate of drug-likeness (QED) is 0.743. The van der Waals surface area contributed by atoms with E-state index < -0.39 is 0 Å². The van der Waals surface area contributed by atoms with E-state index in [0.29, 0.717) is 6.04 Å². The van der Waals surface area contributed by atoms with E-state index in [2.05, 4.69) is 17.0 Å². The van der Waals surface area contributed by atoms with Gasteiger partial charge in [0.1, 0.15) is 5.82 Å². The maximum absolute atomic E-state index is 5.91. The average Bonchev–Trinajstić information content (AvgIpc) is 2.84. The molecule has 80 valence electrons. The van der Waals surface area contributed by atoms with Crippen molar-refractivity contribution in [1.82, 2.24) is 4.98 Å². The van der Waals surface area contributed by atoms with E-state index in [4.69, 9.17) is 10.7 Å². The van der Waals surface area contributed by atoms with Crippen molar-refractivity contribution in [3.63, 3.8) is 0 Å². The van der Waals surface area contributed by atoms with Crippen LogP contribution in [0, 0.1) is 0 Å². The lowest BCUT2D eigenvalue weighted by molar-refractivity contribution is 0.751. The second kappa shape index (κ2) is 3.49. The SMILES string of the molecule is NC1CCN(c2ccc3c(n2)CCC3)C1. The summed E-state index contributed by atoms with van der Waals surface area (Å²) in [5, 5.41) is 0. The Morgan fingerprint density at radius 3 is 3.07 bits per heavy atom. The van der Waals surface area contributed by atoms with Crippen LogP contribution in [0.2, 0.25) is 0 Å². The van der Waals surface area contributed by atoms with Crippen molar-refractivity contribution in [1.29, 1.82) is 0 Å². The topological polar surface area (TPSA) is 42.1 Å². The summed E-state index contributed by atoms with van der Waals surface area (Å²) in [5.74, 6) is 1.13. The van der Waals surface area contributed by atoms with Gasteiger partial charge in [0.25, 0.3) is 0 Å². The summed E-state index contributed by atoms with van der Waals surface area (Å²) in [5.41, 5.74) is 8.67. The predicted molar refractivity (Wildman–Crippen MR) is 61.1 cm³/mol. The van der Waals surface area contributed by atoms with Gasteiger partial charge >= 0.3 is 0 Å². The zero-order valence-electron chi connectivity index (χ0n) is 8.95. The summed E-state index contributed by atoms with van der Waals surface area (Å²) in [6.45, 7) is 2.03. The summed E-state index contributed by atoms with van der Waals surface area (Å²) < 4.78 is 0. The van der Waals surface area contributed by atoms with E-state index in [1.807, 2.05) is 0 Å². The van der Waals surface area contributed by atoms with Crippen LogP contribution in [0.25, 0.3) is 0 Å². The molecule has 1 aliphatic carbocycles. The molecule has 1 aromatic rings. The number of aryl methyl sites for hydroxylation is 2. The van der Waals surface area contributed by atoms with Gasteiger partial charge in [-0.15, -0.1) is 0 Å². The van der Waals surface area contributed by atoms with Gasteiger partial charge in [0.15, 0.2) is 0 Å². The molecule has 3 heteroatoms. The number of fused-ring (bicyclic) bond motifs is 1. The van der Waals surface area contributed by atoms with Gasteiger partial charge in [0.2, 0.25) is 0 Å². The maximum atomic E-state index is 5.91. The molecular formula is C12H17N3. The van der Waals surface area contributed by atoms with Crippen molar-refractivity contribution in [2.24, 2.45) is 5.73 Å². The minimum atomic E-state index is 0.333. The summed E-state index contributed by atoms with van der Waals surface area (Å²) in [6, 6.07) is 4.73. The van der Waals surface area contributed by atoms with Crippen LogP contribution < -0.4 is 10.6 Å². The number of hydrogen-bond acceptors (Lipinski definition) is 3. The van der Waals surface area contributed by atoms with Gasteiger partial charge in [0.05, 0.1) is 0 Å². The van der Waals surface area contributed by atoms with Crippen LogP contribution in [0.4, 0.5) is 5.82 Å². The Morgan fingerprint density at radius 2 is 2.27 bits per heavy atom. The smallest absolute Gasteiger partial charge is 0.128 e. The summed E-state index contributed by atoms with van der Waals surface area (Å²) >= 11 is 0. The molecule has 15 heavy (non-hydrogen) atoms. The third-order valence-electron chi connectivity index (χ3n) is 3.46. The lowest BCUT2D eigenvalue weighted by atomic mass is 10.2. The Labute approximate surface area is 90.3 Å². The number of anilines is 1. The fraction of sp³-hybridized carbons (Fsp3) is 0.583. The molecule has 1 aliphatic heterocycles. The Balaban J connectivity index is 1.87. The first-order valence-corrected chi connectivity index (χ1v) is 5.82. The monoisotopic (exact) mass is 203 g/mol. The first-order valence-electron chi connectivity index (χ1n) is 5.82. The highest BCUT2D eigenvalue weighted by Gasteiger charge is 2.21. The Kier molecular flexibility index (Phi) is 2.13. The van der Waals surface area contributed by atoms with E-state index in [1.165, 1.54) is 24.1 Å². The molecule has 0 amide bonds. The van der Waals surface area contributed by atoms with Crippen LogP contribution in [0.3, 0.4) is 0 Å². The molecule has 1 atom stereocenters. The van der Waals surface area contributed by atoms with Crippen LogP contribution in [0.15, 0.2) is 12.1 Å². The van der Waals surface area contributed by atoms with Gasteiger partial charge in [-0.3, -0.25) is 0 Å². The second-order valence-corrected chi connectivity index (χ2v) is 4.62. The molecule has 2 N–H and O–H groups in total. The predicted octanol–water partition coefficient (Wildman–Crippen LogP) is 1.11. The van der Waals surface area contributed by atoms with Gasteiger partial charge in [-0.25, -0.2) is 4.98 Å². The Bertz CT molecular complexity index is 375. The Morgan fingerprint density at radius 1 is 1.33 bits per heavy atom. The minimum Gasteiger partial charge on any atom is -0.355 e. The molecule has 0 saturated carbocycles. The third-order valence-corrected chi connectivity index (χ3v) is 3.46. The Hall–Kier alpha value is -1.09. The number of aromatic nitrogens is 1. The summed E-state index contributed by atoms with van der Waals surface area (Å²) in [6.07, 6.45) is 4.73. The normalized spacial score (nSPS) is 24.6. The molecule has 1 saturated heterocycles. The molecule has 0 aromatic carbocycles. The van der Waals surface area contributed by atoms with Crippen molar-refractivity contribution >= 4 is 5.82 Å². The number of nitrogens with two attached hydrogens (primary N) is 1. The van der Waals surface area contributed by atoms with Crippen LogP contribution in [0.1, 0.15) is 24.1 Å². The van der Waals surface area contributed by atoms with Crippen LogP contribution in [0.5, 0.6) is 0 Å². The van der Waals surface area contributed by atoms with Crippen molar-refractivity contribution in [2.45, 2.75) is 31.7 Å². The zero-order chi connectivity index (χ0) is 10.3. The molecule has 0 radical (unpaired) electrons.